The largest absolute Gasteiger partial charge is 0.383 e. The lowest BCUT2D eigenvalue weighted by atomic mass is 10.1. The molecule has 0 saturated heterocycles. The van der Waals surface area contributed by atoms with E-state index < -0.39 is 0 Å². The second kappa shape index (κ2) is 26.2. The van der Waals surface area contributed by atoms with Crippen molar-refractivity contribution in [3.05, 3.63) is 145 Å². The van der Waals surface area contributed by atoms with Crippen LogP contribution < -0.4 is 0 Å². The highest BCUT2D eigenvalue weighted by Crippen LogP contribution is 2.30. The predicted octanol–water partition coefficient (Wildman–Crippen LogP) is 11.0. The number of ether oxygens (including phenoxy) is 1. The van der Waals surface area contributed by atoms with Gasteiger partial charge in [-0.05, 0) is 65.0 Å². The Hall–Kier alpha value is -7.82. The third kappa shape index (κ3) is 13.9. The molecule has 16 nitrogen and oxygen atoms in total. The fourth-order valence-electron chi connectivity index (χ4n) is 7.34. The van der Waals surface area contributed by atoms with E-state index in [0.717, 1.165) is 64.4 Å². The number of hydrogen-bond donors (Lipinski definition) is 0. The van der Waals surface area contributed by atoms with Crippen molar-refractivity contribution < 1.29 is 26.2 Å². The van der Waals surface area contributed by atoms with E-state index in [-0.39, 0.29) is 29.5 Å². The monoisotopic (exact) mass is 964 g/mol. The van der Waals surface area contributed by atoms with Gasteiger partial charge < -0.3 is 28.5 Å². The number of pyridine rings is 2. The summed E-state index contributed by atoms with van der Waals surface area (Å²) in [6, 6.07) is 30.5. The van der Waals surface area contributed by atoms with Crippen LogP contribution in [0.5, 0.6) is 0 Å². The number of nitrogens with zero attached hydrogens (tertiary/aromatic N) is 11. The summed E-state index contributed by atoms with van der Waals surface area (Å²) < 4.78 is 16.4. The van der Waals surface area contributed by atoms with Crippen LogP contribution in [0.2, 0.25) is 0 Å². The fraction of sp³-hybridized carbons (Fsp3) is 0.309. The minimum Gasteiger partial charge on any atom is -0.383 e. The van der Waals surface area contributed by atoms with Crippen LogP contribution in [0, 0.1) is 13.8 Å². The van der Waals surface area contributed by atoms with Crippen molar-refractivity contribution in [1.82, 2.24) is 54.9 Å². The molecule has 8 aromatic rings. The average molecular weight is 964 g/mol. The number of rotatable bonds is 18. The Bertz CT molecular complexity index is 2950. The number of benzene rings is 2. The smallest absolute Gasteiger partial charge is 0.272 e. The zero-order valence-corrected chi connectivity index (χ0v) is 40.2. The molecule has 0 saturated carbocycles. The maximum Gasteiger partial charge on any atom is 0.272 e. The van der Waals surface area contributed by atoms with Gasteiger partial charge in [0.1, 0.15) is 34.2 Å². The van der Waals surface area contributed by atoms with Gasteiger partial charge in [-0.3, -0.25) is 29.5 Å². The van der Waals surface area contributed by atoms with Crippen LogP contribution >= 0.6 is 0 Å². The number of amides is 2. The van der Waals surface area contributed by atoms with E-state index in [1.54, 1.807) is 48.9 Å². The van der Waals surface area contributed by atoms with E-state index in [4.69, 9.17) is 23.8 Å². The van der Waals surface area contributed by atoms with Gasteiger partial charge in [-0.1, -0.05) is 99.7 Å². The molecule has 0 aliphatic heterocycles. The Morgan fingerprint density at radius 1 is 0.549 bits per heavy atom. The number of aryl methyl sites for hydroxylation is 2. The quantitative estimate of drug-likeness (QED) is 0.0791. The first kappa shape index (κ1) is 54.1. The number of methoxy groups -OCH3 is 1. The first-order valence-electron chi connectivity index (χ1n) is 22.9. The zero-order chi connectivity index (χ0) is 48.7. The maximum atomic E-state index is 13.2. The molecular weight excluding hydrogens is 895 g/mol. The lowest BCUT2D eigenvalue weighted by Gasteiger charge is -2.23. The van der Waals surface area contributed by atoms with Gasteiger partial charge >= 0.3 is 0 Å². The summed E-state index contributed by atoms with van der Waals surface area (Å²) in [7, 11) is 5.62. The van der Waals surface area contributed by atoms with Crippen LogP contribution in [0.3, 0.4) is 0 Å². The van der Waals surface area contributed by atoms with E-state index >= 15 is 0 Å². The number of carbonyl (C=O) groups is 2. The summed E-state index contributed by atoms with van der Waals surface area (Å²) in [5.74, 6) is 0.853. The molecule has 0 bridgehead atoms. The molecule has 0 fully saturated rings. The molecule has 8 rings (SSSR count). The molecule has 0 aliphatic rings. The summed E-state index contributed by atoms with van der Waals surface area (Å²) in [6.45, 7) is 11.6. The second-order valence-electron chi connectivity index (χ2n) is 16.5. The van der Waals surface area contributed by atoms with Gasteiger partial charge in [0.25, 0.3) is 11.8 Å². The molecule has 6 aromatic heterocycles. The van der Waals surface area contributed by atoms with Crippen molar-refractivity contribution in [1.29, 1.82) is 0 Å². The maximum absolute atomic E-state index is 13.2. The van der Waals surface area contributed by atoms with Crippen molar-refractivity contribution in [2.75, 3.05) is 60.5 Å². The number of hydrogen-bond acceptors (Lipinski definition) is 14. The Labute approximate surface area is 420 Å². The molecule has 2 aromatic carbocycles. The molecule has 374 valence electrons. The third-order valence-corrected chi connectivity index (χ3v) is 11.0. The summed E-state index contributed by atoms with van der Waals surface area (Å²) in [5, 5.41) is 8.40. The molecule has 16 heteroatoms. The van der Waals surface area contributed by atoms with Crippen LogP contribution in [0.1, 0.15) is 76.8 Å². The number of carbonyl (C=O) groups excluding carboxylic acids is 2. The normalized spacial score (nSPS) is 10.7. The molecule has 0 spiro atoms. The van der Waals surface area contributed by atoms with E-state index in [1.807, 2.05) is 125 Å². The van der Waals surface area contributed by atoms with E-state index in [9.17, 15) is 9.59 Å². The summed E-state index contributed by atoms with van der Waals surface area (Å²) in [5.41, 5.74) is 9.57. The first-order valence-corrected chi connectivity index (χ1v) is 22.9. The highest BCUT2D eigenvalue weighted by atomic mass is 16.5. The van der Waals surface area contributed by atoms with Gasteiger partial charge in [0.05, 0.1) is 41.8 Å². The highest BCUT2D eigenvalue weighted by molar-refractivity contribution is 5.94. The van der Waals surface area contributed by atoms with Crippen molar-refractivity contribution in [2.45, 2.75) is 55.4 Å². The van der Waals surface area contributed by atoms with Crippen molar-refractivity contribution in [2.24, 2.45) is 0 Å². The van der Waals surface area contributed by atoms with Gasteiger partial charge in [0.2, 0.25) is 0 Å². The van der Waals surface area contributed by atoms with Crippen LogP contribution in [-0.2, 0) is 4.74 Å². The van der Waals surface area contributed by atoms with Crippen LogP contribution in [0.15, 0.2) is 131 Å². The van der Waals surface area contributed by atoms with Gasteiger partial charge in [0, 0.05) is 89.5 Å². The highest BCUT2D eigenvalue weighted by Gasteiger charge is 2.21. The molecular formula is C55H69N11O5. The number of aromatic nitrogens is 8. The average Bonchev–Trinajstić information content (AvgIpc) is 4.09. The van der Waals surface area contributed by atoms with Gasteiger partial charge in [-0.15, -0.1) is 0 Å². The third-order valence-electron chi connectivity index (χ3n) is 11.0. The van der Waals surface area contributed by atoms with E-state index in [1.165, 1.54) is 0 Å². The molecule has 6 heterocycles. The Kier molecular flexibility index (Phi) is 20.0. The Balaban J connectivity index is 0.000000365. The summed E-state index contributed by atoms with van der Waals surface area (Å²) in [4.78, 5) is 59.2. The molecule has 0 radical (unpaired) electrons. The van der Waals surface area contributed by atoms with Crippen LogP contribution in [0.25, 0.3) is 67.9 Å². The Morgan fingerprint density at radius 3 is 1.39 bits per heavy atom. The molecule has 2 amide bonds. The standard InChI is InChI=1S/C27H30N6O2.C26H27N5O3.2CH4.2H2/c1-5-13-33(15-14-32(3)4)27(34)23-16-21(11-12-28-23)24-18-29-19(2)26(30-24)25-17-22(31-35-25)20-9-7-6-8-10-20;1-4-12-31(13-14-33-3)26(32)22-15-20(10-11-27-22)23-17-28-18(2)25(29-23)24-16-21(30-34-24)19-8-6-5-7-9-19;;;;/h6-12,16-18H,5,13-15H2,1-4H3;5-11,15-17H,4,12-14H2,1-3H3;2*1H4;2*1H. The Morgan fingerprint density at radius 2 is 0.986 bits per heavy atom. The van der Waals surface area contributed by atoms with Gasteiger partial charge in [-0.2, -0.15) is 0 Å². The van der Waals surface area contributed by atoms with Gasteiger partial charge in [0.15, 0.2) is 11.5 Å². The lowest BCUT2D eigenvalue weighted by molar-refractivity contribution is 0.0689. The van der Waals surface area contributed by atoms with Gasteiger partial charge in [-0.25, -0.2) is 9.97 Å². The molecule has 0 aliphatic carbocycles. The second-order valence-corrected chi connectivity index (χ2v) is 16.5. The first-order chi connectivity index (χ1) is 33.6. The molecule has 0 atom stereocenters. The summed E-state index contributed by atoms with van der Waals surface area (Å²) in [6.07, 6.45) is 8.38. The van der Waals surface area contributed by atoms with E-state index in [0.29, 0.717) is 78.5 Å². The zero-order valence-electron chi connectivity index (χ0n) is 40.2. The summed E-state index contributed by atoms with van der Waals surface area (Å²) >= 11 is 0. The predicted molar refractivity (Wildman–Crippen MR) is 282 cm³/mol. The number of likely N-dealkylation sites (N-methyl/N-ethyl adjacent to an activating group) is 1. The molecule has 0 unspecified atom stereocenters. The topological polar surface area (TPSA) is 182 Å². The van der Waals surface area contributed by atoms with Crippen LogP contribution in [-0.4, -0.2) is 127 Å². The minimum absolute atomic E-state index is 0. The lowest BCUT2D eigenvalue weighted by Crippen LogP contribution is -2.37. The van der Waals surface area contributed by atoms with E-state index in [2.05, 4.69) is 42.1 Å². The SMILES string of the molecule is C.C.CCCN(CCN(C)C)C(=O)c1cc(-c2cnc(C)c(-c3cc(-c4ccccc4)no3)n2)ccn1.CCCN(CCOC)C(=O)c1cc(-c2cnc(C)c(-c3cc(-c4ccccc4)no3)n2)ccn1.[HH].[HH]. The van der Waals surface area contributed by atoms with Crippen LogP contribution in [0.4, 0.5) is 0 Å². The van der Waals surface area contributed by atoms with Crippen molar-refractivity contribution in [3.8, 4) is 67.9 Å². The van der Waals surface area contributed by atoms with Crippen molar-refractivity contribution in [3.63, 3.8) is 0 Å². The molecule has 71 heavy (non-hydrogen) atoms. The fourth-order valence-corrected chi connectivity index (χ4v) is 7.34. The molecule has 0 N–H and O–H groups in total. The minimum atomic E-state index is -0.135. The van der Waals surface area contributed by atoms with Crippen molar-refractivity contribution >= 4 is 11.8 Å².